The van der Waals surface area contributed by atoms with Crippen LogP contribution >= 0.6 is 0 Å². The Morgan fingerprint density at radius 2 is 1.95 bits per heavy atom. The third-order valence-electron chi connectivity index (χ3n) is 7.68. The summed E-state index contributed by atoms with van der Waals surface area (Å²) in [6.45, 7) is -0.654. The summed E-state index contributed by atoms with van der Waals surface area (Å²) in [6, 6.07) is -1.96. The van der Waals surface area contributed by atoms with Gasteiger partial charge in [0.15, 0.2) is 11.3 Å². The first-order valence-electron chi connectivity index (χ1n) is 12.9. The van der Waals surface area contributed by atoms with Gasteiger partial charge >= 0.3 is 12.2 Å². The van der Waals surface area contributed by atoms with Gasteiger partial charge in [-0.05, 0) is 48.4 Å². The van der Waals surface area contributed by atoms with Crippen LogP contribution in [0.2, 0.25) is 0 Å². The third kappa shape index (κ3) is 5.30. The number of alkyl halides is 5. The molecule has 2 N–H and O–H groups in total. The number of imidazole rings is 1. The molecule has 2 aliphatic carbocycles. The summed E-state index contributed by atoms with van der Waals surface area (Å²) >= 11 is 0. The molecular weight excluding hydrogens is 543 g/mol. The van der Waals surface area contributed by atoms with Crippen LogP contribution in [0, 0.1) is 5.92 Å². The van der Waals surface area contributed by atoms with Crippen LogP contribution in [0.15, 0.2) is 23.1 Å². The highest BCUT2D eigenvalue weighted by Crippen LogP contribution is 2.42. The van der Waals surface area contributed by atoms with E-state index in [0.717, 1.165) is 17.7 Å². The first kappa shape index (κ1) is 26.4. The molecule has 3 amide bonds. The van der Waals surface area contributed by atoms with Gasteiger partial charge in [-0.1, -0.05) is 5.16 Å². The second-order valence-electron chi connectivity index (χ2n) is 10.7. The largest absolute Gasteiger partial charge is 0.410 e. The summed E-state index contributed by atoms with van der Waals surface area (Å²) in [5, 5.41) is 16.7. The summed E-state index contributed by atoms with van der Waals surface area (Å²) in [5.41, 5.74) is 1.67. The van der Waals surface area contributed by atoms with Crippen molar-refractivity contribution < 1.29 is 36.2 Å². The van der Waals surface area contributed by atoms with Gasteiger partial charge in [-0.3, -0.25) is 4.79 Å². The van der Waals surface area contributed by atoms with Crippen LogP contribution in [0.3, 0.4) is 0 Å². The Morgan fingerprint density at radius 3 is 2.62 bits per heavy atom. The molecular formula is C24H25F5N8O3. The first-order chi connectivity index (χ1) is 19.0. The van der Waals surface area contributed by atoms with Gasteiger partial charge in [-0.15, -0.1) is 0 Å². The van der Waals surface area contributed by atoms with Crippen molar-refractivity contribution in [2.75, 3.05) is 6.54 Å². The molecule has 6 rings (SSSR count). The molecule has 1 aliphatic heterocycles. The lowest BCUT2D eigenvalue weighted by Crippen LogP contribution is -2.40. The maximum Gasteiger partial charge on any atom is 0.410 e. The zero-order valence-electron chi connectivity index (χ0n) is 21.0. The molecule has 16 heteroatoms. The lowest BCUT2D eigenvalue weighted by atomic mass is 9.81. The number of nitrogens with one attached hydrogen (secondary N) is 2. The van der Waals surface area contributed by atoms with Crippen LogP contribution in [0.25, 0.3) is 5.65 Å². The van der Waals surface area contributed by atoms with E-state index < -0.39 is 42.7 Å². The maximum atomic E-state index is 13.9. The molecule has 0 aromatic carbocycles. The number of hydrogen-bond acceptors (Lipinski definition) is 7. The topological polar surface area (TPSA) is 131 Å². The standard InChI is InChI=1S/C24H25F5N8O3/c25-23(26)5-3-14(4-6-23)18(33-21(38)20-19(13-1-2-13)34-40-35-20)15-10-37-17(31-15)7-12(8-30-37)9-36-11-16(24(27,28)29)32-22(36)39/h7-8,10,13-14,16,18H,1-6,9,11H2,(H,32,39)(H,33,38)/t16-,18-/m0/s1. The molecule has 0 radical (unpaired) electrons. The molecule has 0 bridgehead atoms. The summed E-state index contributed by atoms with van der Waals surface area (Å²) in [6.07, 6.45) is -0.188. The van der Waals surface area contributed by atoms with Crippen molar-refractivity contribution in [3.63, 3.8) is 0 Å². The lowest BCUT2D eigenvalue weighted by molar-refractivity contribution is -0.149. The Kier molecular flexibility index (Phi) is 6.37. The molecule has 3 aromatic heterocycles. The van der Waals surface area contributed by atoms with E-state index in [0.29, 0.717) is 22.6 Å². The molecule has 4 heterocycles. The van der Waals surface area contributed by atoms with Crippen molar-refractivity contribution in [3.05, 3.63) is 41.1 Å². The van der Waals surface area contributed by atoms with Gasteiger partial charge < -0.3 is 15.5 Å². The molecule has 3 fully saturated rings. The Bertz CT molecular complexity index is 1430. The van der Waals surface area contributed by atoms with E-state index in [1.807, 2.05) is 5.32 Å². The SMILES string of the molecule is O=C(N[C@H](c1cn2ncc(CN3C[C@@H](C(F)(F)F)NC3=O)cc2n1)C1CCC(F)(F)CC1)c1nonc1C1CC1. The van der Waals surface area contributed by atoms with Crippen molar-refractivity contribution >= 4 is 17.6 Å². The number of amides is 3. The molecule has 2 saturated carbocycles. The average molecular weight is 569 g/mol. The van der Waals surface area contributed by atoms with Gasteiger partial charge in [-0.25, -0.2) is 27.7 Å². The van der Waals surface area contributed by atoms with Gasteiger partial charge in [0.1, 0.15) is 11.7 Å². The summed E-state index contributed by atoms with van der Waals surface area (Å²) in [7, 11) is 0. The van der Waals surface area contributed by atoms with Gasteiger partial charge in [-0.2, -0.15) is 18.3 Å². The van der Waals surface area contributed by atoms with Crippen molar-refractivity contribution in [2.45, 2.75) is 75.2 Å². The zero-order chi connectivity index (χ0) is 28.2. The predicted octanol–water partition coefficient (Wildman–Crippen LogP) is 3.74. The molecule has 214 valence electrons. The fourth-order valence-corrected chi connectivity index (χ4v) is 5.32. The minimum Gasteiger partial charge on any atom is -0.342 e. The molecule has 3 aliphatic rings. The molecule has 2 atom stereocenters. The van der Waals surface area contributed by atoms with Crippen LogP contribution < -0.4 is 10.6 Å². The Balaban J connectivity index is 1.24. The highest BCUT2D eigenvalue weighted by Gasteiger charge is 2.47. The van der Waals surface area contributed by atoms with Crippen LogP contribution in [0.5, 0.6) is 0 Å². The quantitative estimate of drug-likeness (QED) is 0.415. The highest BCUT2D eigenvalue weighted by atomic mass is 19.4. The zero-order valence-corrected chi connectivity index (χ0v) is 21.0. The monoisotopic (exact) mass is 568 g/mol. The number of carbonyl (C=O) groups excluding carboxylic acids is 2. The predicted molar refractivity (Wildman–Crippen MR) is 125 cm³/mol. The number of rotatable bonds is 7. The van der Waals surface area contributed by atoms with Gasteiger partial charge in [0, 0.05) is 25.3 Å². The number of halogens is 5. The maximum absolute atomic E-state index is 13.9. The van der Waals surface area contributed by atoms with E-state index >= 15 is 0 Å². The number of hydrogen-bond donors (Lipinski definition) is 2. The van der Waals surface area contributed by atoms with Crippen molar-refractivity contribution in [2.24, 2.45) is 5.92 Å². The molecule has 0 unspecified atom stereocenters. The first-order valence-corrected chi connectivity index (χ1v) is 12.9. The summed E-state index contributed by atoms with van der Waals surface area (Å²) in [4.78, 5) is 30.9. The van der Waals surface area contributed by atoms with E-state index in [4.69, 9.17) is 4.63 Å². The second kappa shape index (κ2) is 9.66. The highest BCUT2D eigenvalue weighted by molar-refractivity contribution is 5.93. The van der Waals surface area contributed by atoms with E-state index in [1.54, 1.807) is 12.3 Å². The van der Waals surface area contributed by atoms with Gasteiger partial charge in [0.25, 0.3) is 5.91 Å². The van der Waals surface area contributed by atoms with E-state index in [-0.39, 0.29) is 49.8 Å². The Hall–Kier alpha value is -3.85. The number of carbonyl (C=O) groups is 2. The Morgan fingerprint density at radius 1 is 1.20 bits per heavy atom. The number of aromatic nitrogens is 5. The van der Waals surface area contributed by atoms with E-state index in [9.17, 15) is 31.5 Å². The molecule has 1 saturated heterocycles. The number of urea groups is 1. The normalized spacial score (nSPS) is 22.5. The average Bonchev–Trinajstić information content (AvgIpc) is 3.28. The summed E-state index contributed by atoms with van der Waals surface area (Å²) in [5.74, 6) is -3.57. The van der Waals surface area contributed by atoms with E-state index in [2.05, 4.69) is 25.7 Å². The second-order valence-corrected chi connectivity index (χ2v) is 10.7. The third-order valence-corrected chi connectivity index (χ3v) is 7.68. The molecule has 11 nitrogen and oxygen atoms in total. The molecule has 0 spiro atoms. The fraction of sp³-hybridized carbons (Fsp3) is 0.583. The van der Waals surface area contributed by atoms with Crippen molar-refractivity contribution in [3.8, 4) is 0 Å². The van der Waals surface area contributed by atoms with E-state index in [1.165, 1.54) is 10.7 Å². The fourth-order valence-electron chi connectivity index (χ4n) is 5.32. The number of fused-ring (bicyclic) bond motifs is 1. The molecule has 40 heavy (non-hydrogen) atoms. The van der Waals surface area contributed by atoms with Crippen molar-refractivity contribution in [1.82, 2.24) is 40.4 Å². The van der Waals surface area contributed by atoms with Gasteiger partial charge in [0.2, 0.25) is 5.92 Å². The van der Waals surface area contributed by atoms with Crippen LogP contribution in [-0.4, -0.2) is 66.4 Å². The number of nitrogens with zero attached hydrogens (tertiary/aromatic N) is 6. The Labute approximate surface area is 223 Å². The summed E-state index contributed by atoms with van der Waals surface area (Å²) < 4.78 is 73.1. The van der Waals surface area contributed by atoms with Gasteiger partial charge in [0.05, 0.1) is 30.7 Å². The van der Waals surface area contributed by atoms with Crippen molar-refractivity contribution in [1.29, 1.82) is 0 Å². The smallest absolute Gasteiger partial charge is 0.342 e. The lowest BCUT2D eigenvalue weighted by Gasteiger charge is -2.33. The van der Waals surface area contributed by atoms with Crippen LogP contribution in [-0.2, 0) is 6.54 Å². The molecule has 3 aromatic rings. The van der Waals surface area contributed by atoms with Crippen LogP contribution in [0.4, 0.5) is 26.7 Å². The minimum absolute atomic E-state index is 0.0545. The van der Waals surface area contributed by atoms with Crippen LogP contribution in [0.1, 0.15) is 77.9 Å². The minimum atomic E-state index is -4.56.